The summed E-state index contributed by atoms with van der Waals surface area (Å²) in [6.07, 6.45) is 0. The third kappa shape index (κ3) is 2.91. The summed E-state index contributed by atoms with van der Waals surface area (Å²) in [5.74, 6) is -1.20. The van der Waals surface area contributed by atoms with E-state index in [-0.39, 0.29) is 11.1 Å². The minimum Gasteiger partial charge on any atom is -0.494 e. The van der Waals surface area contributed by atoms with E-state index in [4.69, 9.17) is 21.4 Å². The van der Waals surface area contributed by atoms with Gasteiger partial charge in [0.15, 0.2) is 0 Å². The van der Waals surface area contributed by atoms with Crippen molar-refractivity contribution in [2.45, 2.75) is 6.92 Å². The largest absolute Gasteiger partial charge is 0.494 e. The van der Waals surface area contributed by atoms with Crippen LogP contribution in [0.2, 0.25) is 5.02 Å². The molecule has 104 valence electrons. The van der Waals surface area contributed by atoms with Crippen molar-refractivity contribution in [2.24, 2.45) is 0 Å². The molecule has 0 heterocycles. The Balaban J connectivity index is 2.44. The van der Waals surface area contributed by atoms with Crippen molar-refractivity contribution in [2.75, 3.05) is 6.61 Å². The normalized spacial score (nSPS) is 10.3. The monoisotopic (exact) mass is 294 g/mol. The summed E-state index contributed by atoms with van der Waals surface area (Å²) in [5, 5.41) is 9.16. The van der Waals surface area contributed by atoms with Crippen LogP contribution in [-0.4, -0.2) is 17.7 Å². The molecule has 0 aliphatic carbocycles. The highest BCUT2D eigenvalue weighted by molar-refractivity contribution is 6.33. The van der Waals surface area contributed by atoms with E-state index < -0.39 is 11.8 Å². The van der Waals surface area contributed by atoms with Gasteiger partial charge in [-0.05, 0) is 37.3 Å². The molecular formula is C15H12ClFO3. The minimum atomic E-state index is -1.17. The molecule has 2 rings (SSSR count). The lowest BCUT2D eigenvalue weighted by Crippen LogP contribution is -1.98. The number of halogens is 2. The van der Waals surface area contributed by atoms with Crippen LogP contribution in [0, 0.1) is 5.82 Å². The Hall–Kier alpha value is -2.07. The van der Waals surface area contributed by atoms with E-state index in [1.54, 1.807) is 18.2 Å². The van der Waals surface area contributed by atoms with E-state index in [1.807, 2.05) is 6.92 Å². The molecule has 0 aromatic heterocycles. The van der Waals surface area contributed by atoms with Gasteiger partial charge >= 0.3 is 5.97 Å². The van der Waals surface area contributed by atoms with Crippen LogP contribution in [-0.2, 0) is 0 Å². The molecule has 3 nitrogen and oxygen atoms in total. The highest BCUT2D eigenvalue weighted by Gasteiger charge is 2.12. The topological polar surface area (TPSA) is 46.5 Å². The molecule has 2 aromatic rings. The van der Waals surface area contributed by atoms with Gasteiger partial charge in [-0.2, -0.15) is 0 Å². The molecule has 0 fully saturated rings. The van der Waals surface area contributed by atoms with Crippen LogP contribution < -0.4 is 4.74 Å². The SMILES string of the molecule is CCOc1ccc(-c2ccc(C(=O)O)cc2F)c(Cl)c1. The maximum atomic E-state index is 14.0. The third-order valence-electron chi connectivity index (χ3n) is 2.76. The molecule has 0 saturated carbocycles. The summed E-state index contributed by atoms with van der Waals surface area (Å²) in [4.78, 5) is 10.8. The van der Waals surface area contributed by atoms with Gasteiger partial charge in [-0.3, -0.25) is 0 Å². The molecule has 0 aliphatic heterocycles. The maximum Gasteiger partial charge on any atom is 0.335 e. The molecule has 0 spiro atoms. The lowest BCUT2D eigenvalue weighted by molar-refractivity contribution is 0.0696. The fraction of sp³-hybridized carbons (Fsp3) is 0.133. The van der Waals surface area contributed by atoms with Gasteiger partial charge in [0.25, 0.3) is 0 Å². The number of carboxylic acids is 1. The predicted molar refractivity (Wildman–Crippen MR) is 75.0 cm³/mol. The first-order valence-electron chi connectivity index (χ1n) is 5.98. The maximum absolute atomic E-state index is 14.0. The Morgan fingerprint density at radius 1 is 1.25 bits per heavy atom. The molecular weight excluding hydrogens is 283 g/mol. The van der Waals surface area contributed by atoms with E-state index in [0.29, 0.717) is 22.9 Å². The van der Waals surface area contributed by atoms with Gasteiger partial charge in [0.2, 0.25) is 0 Å². The zero-order valence-electron chi connectivity index (χ0n) is 10.7. The molecule has 0 atom stereocenters. The van der Waals surface area contributed by atoms with Crippen LogP contribution in [0.3, 0.4) is 0 Å². The molecule has 0 saturated heterocycles. The van der Waals surface area contributed by atoms with Crippen LogP contribution in [0.5, 0.6) is 5.75 Å². The number of carboxylic acid groups (broad SMARTS) is 1. The first-order valence-corrected chi connectivity index (χ1v) is 6.36. The van der Waals surface area contributed by atoms with Crippen LogP contribution >= 0.6 is 11.6 Å². The Morgan fingerprint density at radius 3 is 2.50 bits per heavy atom. The van der Waals surface area contributed by atoms with Crippen LogP contribution in [0.15, 0.2) is 36.4 Å². The number of aromatic carboxylic acids is 1. The van der Waals surface area contributed by atoms with Gasteiger partial charge in [0, 0.05) is 11.1 Å². The Bertz CT molecular complexity index is 656. The molecule has 5 heteroatoms. The Labute approximate surface area is 120 Å². The third-order valence-corrected chi connectivity index (χ3v) is 3.07. The second kappa shape index (κ2) is 5.92. The fourth-order valence-corrected chi connectivity index (χ4v) is 2.11. The first kappa shape index (κ1) is 14.3. The van der Waals surface area contributed by atoms with Gasteiger partial charge in [0.05, 0.1) is 17.2 Å². The quantitative estimate of drug-likeness (QED) is 0.917. The summed E-state index contributed by atoms with van der Waals surface area (Å²) in [6.45, 7) is 2.36. The molecule has 0 radical (unpaired) electrons. The highest BCUT2D eigenvalue weighted by Crippen LogP contribution is 2.33. The number of benzene rings is 2. The highest BCUT2D eigenvalue weighted by atomic mass is 35.5. The van der Waals surface area contributed by atoms with Gasteiger partial charge in [-0.25, -0.2) is 9.18 Å². The van der Waals surface area contributed by atoms with Crippen LogP contribution in [0.25, 0.3) is 11.1 Å². The molecule has 0 bridgehead atoms. The Morgan fingerprint density at radius 2 is 1.95 bits per heavy atom. The van der Waals surface area contributed by atoms with E-state index in [1.165, 1.54) is 12.1 Å². The second-order valence-corrected chi connectivity index (χ2v) is 4.48. The van der Waals surface area contributed by atoms with Gasteiger partial charge in [-0.15, -0.1) is 0 Å². The molecule has 2 aromatic carbocycles. The number of rotatable bonds is 4. The second-order valence-electron chi connectivity index (χ2n) is 4.07. The molecule has 20 heavy (non-hydrogen) atoms. The standard InChI is InChI=1S/C15H12ClFO3/c1-2-20-10-4-6-11(13(16)8-10)12-5-3-9(15(18)19)7-14(12)17/h3-8H,2H2,1H3,(H,18,19). The zero-order chi connectivity index (χ0) is 14.7. The predicted octanol–water partition coefficient (Wildman–Crippen LogP) is 4.24. The van der Waals surface area contributed by atoms with Crippen molar-refractivity contribution in [3.05, 3.63) is 52.8 Å². The summed E-state index contributed by atoms with van der Waals surface area (Å²) in [6, 6.07) is 8.66. The molecule has 1 N–H and O–H groups in total. The minimum absolute atomic E-state index is 0.103. The summed E-state index contributed by atoms with van der Waals surface area (Å²) < 4.78 is 19.3. The van der Waals surface area contributed by atoms with Crippen molar-refractivity contribution in [1.82, 2.24) is 0 Å². The van der Waals surface area contributed by atoms with E-state index >= 15 is 0 Å². The number of carbonyl (C=O) groups is 1. The lowest BCUT2D eigenvalue weighted by atomic mass is 10.0. The van der Waals surface area contributed by atoms with Crippen molar-refractivity contribution in [3.8, 4) is 16.9 Å². The fourth-order valence-electron chi connectivity index (χ4n) is 1.84. The van der Waals surface area contributed by atoms with E-state index in [9.17, 15) is 9.18 Å². The lowest BCUT2D eigenvalue weighted by Gasteiger charge is -2.09. The summed E-state index contributed by atoms with van der Waals surface area (Å²) in [5.41, 5.74) is 0.640. The molecule has 0 aliphatic rings. The Kier molecular flexibility index (Phi) is 4.25. The van der Waals surface area contributed by atoms with Crippen molar-refractivity contribution in [3.63, 3.8) is 0 Å². The number of hydrogen-bond donors (Lipinski definition) is 1. The van der Waals surface area contributed by atoms with E-state index in [2.05, 4.69) is 0 Å². The summed E-state index contributed by atoms with van der Waals surface area (Å²) in [7, 11) is 0. The number of hydrogen-bond acceptors (Lipinski definition) is 2. The van der Waals surface area contributed by atoms with Gasteiger partial charge in [-0.1, -0.05) is 17.7 Å². The summed E-state index contributed by atoms with van der Waals surface area (Å²) >= 11 is 6.11. The zero-order valence-corrected chi connectivity index (χ0v) is 11.4. The number of ether oxygens (including phenoxy) is 1. The van der Waals surface area contributed by atoms with Gasteiger partial charge < -0.3 is 9.84 Å². The average Bonchev–Trinajstić information content (AvgIpc) is 2.40. The van der Waals surface area contributed by atoms with Crippen molar-refractivity contribution in [1.29, 1.82) is 0 Å². The smallest absolute Gasteiger partial charge is 0.335 e. The molecule has 0 unspecified atom stereocenters. The van der Waals surface area contributed by atoms with Crippen LogP contribution in [0.4, 0.5) is 4.39 Å². The van der Waals surface area contributed by atoms with Gasteiger partial charge in [0.1, 0.15) is 11.6 Å². The van der Waals surface area contributed by atoms with E-state index in [0.717, 1.165) is 6.07 Å². The molecule has 0 amide bonds. The van der Waals surface area contributed by atoms with Crippen molar-refractivity contribution < 1.29 is 19.0 Å². The van der Waals surface area contributed by atoms with Crippen molar-refractivity contribution >= 4 is 17.6 Å². The van der Waals surface area contributed by atoms with Crippen LogP contribution in [0.1, 0.15) is 17.3 Å². The first-order chi connectivity index (χ1) is 9.52. The average molecular weight is 295 g/mol.